The lowest BCUT2D eigenvalue weighted by Gasteiger charge is -2.00. The molecule has 0 saturated heterocycles. The first-order valence-corrected chi connectivity index (χ1v) is 7.91. The minimum Gasteiger partial charge on any atom is -0.203 e. The van der Waals surface area contributed by atoms with E-state index in [9.17, 15) is 0 Å². The lowest BCUT2D eigenvalue weighted by Crippen LogP contribution is -1.91. The van der Waals surface area contributed by atoms with Gasteiger partial charge in [0.2, 0.25) is 5.16 Å². The van der Waals surface area contributed by atoms with Crippen molar-refractivity contribution in [2.75, 3.05) is 11.5 Å². The monoisotopic (exact) mass is 262 g/mol. The van der Waals surface area contributed by atoms with Crippen LogP contribution < -0.4 is 0 Å². The first kappa shape index (κ1) is 13.3. The van der Waals surface area contributed by atoms with Crippen LogP contribution in [0, 0.1) is 11.8 Å². The third-order valence-corrected chi connectivity index (χ3v) is 5.12. The summed E-state index contributed by atoms with van der Waals surface area (Å²) in [5, 5.41) is 0.944. The van der Waals surface area contributed by atoms with Crippen LogP contribution in [-0.2, 0) is 0 Å². The fourth-order valence-electron chi connectivity index (χ4n) is 0.793. The van der Waals surface area contributed by atoms with Crippen molar-refractivity contribution in [3.63, 3.8) is 0 Å². The van der Waals surface area contributed by atoms with Crippen molar-refractivity contribution in [3.8, 4) is 0 Å². The molecule has 86 valence electrons. The van der Waals surface area contributed by atoms with E-state index in [1.165, 1.54) is 11.5 Å². The minimum absolute atomic E-state index is 0.699. The van der Waals surface area contributed by atoms with E-state index in [2.05, 4.69) is 37.1 Å². The highest BCUT2D eigenvalue weighted by atomic mass is 32.2. The Hall–Kier alpha value is 0.260. The topological polar surface area (TPSA) is 25.8 Å². The Morgan fingerprint density at radius 2 is 1.67 bits per heavy atom. The SMILES string of the molecule is CC(C)CSc1nsc(SCC(C)C)n1. The van der Waals surface area contributed by atoms with Gasteiger partial charge in [-0.2, -0.15) is 4.37 Å². The van der Waals surface area contributed by atoms with E-state index >= 15 is 0 Å². The second-order valence-electron chi connectivity index (χ2n) is 4.25. The molecule has 0 radical (unpaired) electrons. The van der Waals surface area contributed by atoms with Crippen LogP contribution in [0.15, 0.2) is 9.50 Å². The smallest absolute Gasteiger partial charge is 0.201 e. The normalized spacial score (nSPS) is 11.6. The molecule has 2 nitrogen and oxygen atoms in total. The highest BCUT2D eigenvalue weighted by Gasteiger charge is 2.06. The maximum absolute atomic E-state index is 4.49. The van der Waals surface area contributed by atoms with Crippen molar-refractivity contribution < 1.29 is 0 Å². The fraction of sp³-hybridized carbons (Fsp3) is 0.800. The molecular weight excluding hydrogens is 244 g/mol. The van der Waals surface area contributed by atoms with Crippen molar-refractivity contribution in [1.29, 1.82) is 0 Å². The highest BCUT2D eigenvalue weighted by Crippen LogP contribution is 2.26. The minimum atomic E-state index is 0.699. The average Bonchev–Trinajstić information content (AvgIpc) is 2.59. The number of thioether (sulfide) groups is 2. The third-order valence-electron chi connectivity index (χ3n) is 1.47. The molecule has 0 aromatic carbocycles. The maximum atomic E-state index is 4.49. The van der Waals surface area contributed by atoms with E-state index in [0.29, 0.717) is 11.8 Å². The van der Waals surface area contributed by atoms with E-state index in [1.807, 2.05) is 11.8 Å². The van der Waals surface area contributed by atoms with Crippen molar-refractivity contribution in [2.45, 2.75) is 37.2 Å². The Bertz CT molecular complexity index is 257. The summed E-state index contributed by atoms with van der Waals surface area (Å²) in [6, 6.07) is 0. The third kappa shape index (κ3) is 5.78. The van der Waals surface area contributed by atoms with Gasteiger partial charge in [0.25, 0.3) is 0 Å². The number of hydrogen-bond acceptors (Lipinski definition) is 5. The highest BCUT2D eigenvalue weighted by molar-refractivity contribution is 8.01. The largest absolute Gasteiger partial charge is 0.203 e. The van der Waals surface area contributed by atoms with Crippen LogP contribution in [0.4, 0.5) is 0 Å². The lowest BCUT2D eigenvalue weighted by molar-refractivity contribution is 0.747. The van der Waals surface area contributed by atoms with Crippen molar-refractivity contribution in [2.24, 2.45) is 11.8 Å². The fourth-order valence-corrected chi connectivity index (χ4v) is 3.35. The molecule has 5 heteroatoms. The maximum Gasteiger partial charge on any atom is 0.201 e. The first-order chi connectivity index (χ1) is 7.08. The molecule has 0 fully saturated rings. The zero-order valence-electron chi connectivity index (χ0n) is 9.69. The van der Waals surface area contributed by atoms with Crippen LogP contribution in [0.3, 0.4) is 0 Å². The van der Waals surface area contributed by atoms with Crippen LogP contribution in [0.5, 0.6) is 0 Å². The van der Waals surface area contributed by atoms with Crippen LogP contribution in [0.1, 0.15) is 27.7 Å². The summed E-state index contributed by atoms with van der Waals surface area (Å²) in [4.78, 5) is 4.49. The summed E-state index contributed by atoms with van der Waals surface area (Å²) < 4.78 is 5.45. The van der Waals surface area contributed by atoms with E-state index in [1.54, 1.807) is 11.8 Å². The molecule has 15 heavy (non-hydrogen) atoms. The quantitative estimate of drug-likeness (QED) is 0.723. The Labute approximate surface area is 105 Å². The molecular formula is C10H18N2S3. The molecule has 0 amide bonds. The molecule has 0 aliphatic rings. The first-order valence-electron chi connectivity index (χ1n) is 5.17. The lowest BCUT2D eigenvalue weighted by atomic mass is 10.3. The molecule has 0 saturated carbocycles. The summed E-state index contributed by atoms with van der Waals surface area (Å²) in [5.41, 5.74) is 0. The van der Waals surface area contributed by atoms with Crippen LogP contribution in [0.25, 0.3) is 0 Å². The molecule has 0 aliphatic heterocycles. The van der Waals surface area contributed by atoms with Gasteiger partial charge < -0.3 is 0 Å². The zero-order valence-corrected chi connectivity index (χ0v) is 12.1. The van der Waals surface area contributed by atoms with Gasteiger partial charge in [-0.1, -0.05) is 51.2 Å². The van der Waals surface area contributed by atoms with E-state index < -0.39 is 0 Å². The van der Waals surface area contributed by atoms with Crippen molar-refractivity contribution in [3.05, 3.63) is 0 Å². The molecule has 0 atom stereocenters. The van der Waals surface area contributed by atoms with Crippen LogP contribution in [-0.4, -0.2) is 20.9 Å². The number of nitrogens with zero attached hydrogens (tertiary/aromatic N) is 2. The van der Waals surface area contributed by atoms with Crippen molar-refractivity contribution in [1.82, 2.24) is 9.36 Å². The van der Waals surface area contributed by atoms with Gasteiger partial charge in [0.1, 0.15) is 0 Å². The Morgan fingerprint density at radius 3 is 2.27 bits per heavy atom. The molecule has 1 rings (SSSR count). The van der Waals surface area contributed by atoms with Gasteiger partial charge in [-0.05, 0) is 23.4 Å². The Kier molecular flexibility index (Phi) is 6.00. The number of hydrogen-bond donors (Lipinski definition) is 0. The Balaban J connectivity index is 2.35. The zero-order chi connectivity index (χ0) is 11.3. The number of rotatable bonds is 6. The molecule has 1 heterocycles. The summed E-state index contributed by atoms with van der Waals surface area (Å²) in [5.74, 6) is 3.64. The second-order valence-corrected chi connectivity index (χ2v) is 7.26. The van der Waals surface area contributed by atoms with E-state index in [4.69, 9.17) is 0 Å². The van der Waals surface area contributed by atoms with Crippen LogP contribution in [0.2, 0.25) is 0 Å². The summed E-state index contributed by atoms with van der Waals surface area (Å²) in [6.07, 6.45) is 0. The van der Waals surface area contributed by atoms with E-state index in [-0.39, 0.29) is 0 Å². The van der Waals surface area contributed by atoms with Gasteiger partial charge in [0.05, 0.1) is 0 Å². The molecule has 0 unspecified atom stereocenters. The average molecular weight is 262 g/mol. The number of aromatic nitrogens is 2. The van der Waals surface area contributed by atoms with Gasteiger partial charge in [-0.15, -0.1) is 0 Å². The predicted molar refractivity (Wildman–Crippen MR) is 71.0 cm³/mol. The molecule has 0 N–H and O–H groups in total. The Morgan fingerprint density at radius 1 is 1.07 bits per heavy atom. The molecule has 1 aromatic rings. The van der Waals surface area contributed by atoms with Gasteiger partial charge in [0, 0.05) is 11.5 Å². The van der Waals surface area contributed by atoms with Gasteiger partial charge in [0.15, 0.2) is 4.34 Å². The predicted octanol–water partition coefficient (Wildman–Crippen LogP) is 4.03. The van der Waals surface area contributed by atoms with Crippen LogP contribution >= 0.6 is 35.1 Å². The summed E-state index contributed by atoms with van der Waals surface area (Å²) in [7, 11) is 0. The second kappa shape index (κ2) is 6.76. The summed E-state index contributed by atoms with van der Waals surface area (Å²) >= 11 is 5.10. The molecule has 0 aliphatic carbocycles. The van der Waals surface area contributed by atoms with Gasteiger partial charge in [-0.25, -0.2) is 4.98 Å². The molecule has 0 spiro atoms. The standard InChI is InChI=1S/C10H18N2S3/c1-7(2)5-13-9-11-10(15-12-9)14-6-8(3)4/h7-8H,5-6H2,1-4H3. The van der Waals surface area contributed by atoms with E-state index in [0.717, 1.165) is 21.0 Å². The van der Waals surface area contributed by atoms with Gasteiger partial charge in [-0.3, -0.25) is 0 Å². The van der Waals surface area contributed by atoms with Crippen molar-refractivity contribution >= 4 is 35.1 Å². The summed E-state index contributed by atoms with van der Waals surface area (Å²) in [6.45, 7) is 8.88. The van der Waals surface area contributed by atoms with Gasteiger partial charge >= 0.3 is 0 Å². The molecule has 1 aromatic heterocycles. The molecule has 0 bridgehead atoms.